The molecule has 1 aromatic rings. The van der Waals surface area contributed by atoms with Gasteiger partial charge in [-0.1, -0.05) is 12.1 Å². The summed E-state index contributed by atoms with van der Waals surface area (Å²) in [5, 5.41) is 9.72. The molecule has 0 bridgehead atoms. The first-order valence-corrected chi connectivity index (χ1v) is 6.48. The van der Waals surface area contributed by atoms with E-state index in [0.29, 0.717) is 11.1 Å². The van der Waals surface area contributed by atoms with Gasteiger partial charge in [0.1, 0.15) is 5.72 Å². The van der Waals surface area contributed by atoms with Crippen LogP contribution in [-0.2, 0) is 4.74 Å². The highest BCUT2D eigenvalue weighted by molar-refractivity contribution is 6.21. The highest BCUT2D eigenvalue weighted by Crippen LogP contribution is 2.30. The van der Waals surface area contributed by atoms with E-state index in [1.54, 1.807) is 52.0 Å². The van der Waals surface area contributed by atoms with Crippen molar-refractivity contribution in [2.24, 2.45) is 0 Å². The topological polar surface area (TPSA) is 66.8 Å². The molecule has 0 aromatic heterocycles. The zero-order valence-corrected chi connectivity index (χ0v) is 12.1. The van der Waals surface area contributed by atoms with Crippen molar-refractivity contribution in [2.45, 2.75) is 39.0 Å². The molecular weight excluding hydrogens is 258 g/mol. The second-order valence-corrected chi connectivity index (χ2v) is 6.04. The van der Waals surface area contributed by atoms with Crippen LogP contribution in [0.5, 0.6) is 0 Å². The minimum atomic E-state index is -1.12. The Morgan fingerprint density at radius 1 is 1.05 bits per heavy atom. The molecule has 1 aliphatic heterocycles. The average Bonchev–Trinajstić information content (AvgIpc) is 2.60. The molecule has 1 aliphatic rings. The second kappa shape index (κ2) is 4.68. The number of benzene rings is 1. The Labute approximate surface area is 118 Å². The number of carbonyl (C=O) groups excluding carboxylic acids is 2. The summed E-state index contributed by atoms with van der Waals surface area (Å²) < 4.78 is 5.58. The molecule has 5 heteroatoms. The van der Waals surface area contributed by atoms with Gasteiger partial charge in [0.05, 0.1) is 23.3 Å². The molecule has 0 unspecified atom stereocenters. The van der Waals surface area contributed by atoms with Gasteiger partial charge in [-0.2, -0.15) is 0 Å². The van der Waals surface area contributed by atoms with Crippen molar-refractivity contribution >= 4 is 11.8 Å². The van der Waals surface area contributed by atoms with E-state index in [9.17, 15) is 14.7 Å². The minimum absolute atomic E-state index is 0.0212. The van der Waals surface area contributed by atoms with E-state index in [1.807, 2.05) is 0 Å². The summed E-state index contributed by atoms with van der Waals surface area (Å²) in [4.78, 5) is 25.8. The normalized spacial score (nSPS) is 15.8. The summed E-state index contributed by atoms with van der Waals surface area (Å²) in [6.45, 7) is 6.51. The number of aliphatic hydroxyl groups is 1. The Bertz CT molecular complexity index is 522. The van der Waals surface area contributed by atoms with Gasteiger partial charge in [-0.25, -0.2) is 4.90 Å². The van der Waals surface area contributed by atoms with Gasteiger partial charge in [0.2, 0.25) is 0 Å². The lowest BCUT2D eigenvalue weighted by Crippen LogP contribution is -2.51. The van der Waals surface area contributed by atoms with Crippen molar-refractivity contribution in [3.63, 3.8) is 0 Å². The second-order valence-electron chi connectivity index (χ2n) is 6.04. The summed E-state index contributed by atoms with van der Waals surface area (Å²) in [6, 6.07) is 6.69. The summed E-state index contributed by atoms with van der Waals surface area (Å²) in [6.07, 6.45) is 0. The van der Waals surface area contributed by atoms with Crippen molar-refractivity contribution in [2.75, 3.05) is 6.61 Å². The third-order valence-corrected chi connectivity index (χ3v) is 3.11. The maximum atomic E-state index is 12.3. The van der Waals surface area contributed by atoms with E-state index < -0.39 is 11.3 Å². The van der Waals surface area contributed by atoms with Gasteiger partial charge in [0.15, 0.2) is 0 Å². The standard InChI is InChI=1S/C15H19NO4/c1-14(2,19)9-20-15(3,4)16-12(17)10-7-5-6-8-11(10)13(16)18/h5-8,19H,9H2,1-4H3. The quantitative estimate of drug-likeness (QED) is 0.852. The third kappa shape index (κ3) is 2.59. The van der Waals surface area contributed by atoms with Crippen LogP contribution in [0.25, 0.3) is 0 Å². The van der Waals surface area contributed by atoms with E-state index in [0.717, 1.165) is 4.90 Å². The fraction of sp³-hybridized carbons (Fsp3) is 0.467. The molecule has 1 N–H and O–H groups in total. The average molecular weight is 277 g/mol. The molecule has 2 amide bonds. The number of fused-ring (bicyclic) bond motifs is 1. The molecule has 20 heavy (non-hydrogen) atoms. The van der Waals surface area contributed by atoms with Crippen LogP contribution in [0.2, 0.25) is 0 Å². The number of hydrogen-bond donors (Lipinski definition) is 1. The van der Waals surface area contributed by atoms with Gasteiger partial charge in [-0.05, 0) is 39.8 Å². The molecule has 0 saturated carbocycles. The first-order valence-electron chi connectivity index (χ1n) is 6.48. The van der Waals surface area contributed by atoms with Crippen LogP contribution in [0.4, 0.5) is 0 Å². The summed E-state index contributed by atoms with van der Waals surface area (Å²) in [5.74, 6) is -0.738. The molecule has 0 saturated heterocycles. The molecular formula is C15H19NO4. The maximum absolute atomic E-state index is 12.3. The highest BCUT2D eigenvalue weighted by Gasteiger charge is 2.45. The third-order valence-electron chi connectivity index (χ3n) is 3.11. The van der Waals surface area contributed by atoms with Crippen LogP contribution >= 0.6 is 0 Å². The number of carbonyl (C=O) groups is 2. The monoisotopic (exact) mass is 277 g/mol. The van der Waals surface area contributed by atoms with E-state index in [4.69, 9.17) is 4.74 Å². The maximum Gasteiger partial charge on any atom is 0.263 e. The van der Waals surface area contributed by atoms with E-state index in [-0.39, 0.29) is 18.4 Å². The van der Waals surface area contributed by atoms with Crippen molar-refractivity contribution < 1.29 is 19.4 Å². The molecule has 1 aromatic carbocycles. The summed E-state index contributed by atoms with van der Waals surface area (Å²) in [5.41, 5.74) is -1.38. The van der Waals surface area contributed by atoms with Gasteiger partial charge in [-0.15, -0.1) is 0 Å². The SMILES string of the molecule is CC(C)(O)COC(C)(C)N1C(=O)c2ccccc2C1=O. The number of amides is 2. The molecule has 2 rings (SSSR count). The fourth-order valence-electron chi connectivity index (χ4n) is 2.10. The first-order chi connectivity index (χ1) is 9.13. The Kier molecular flexibility index (Phi) is 3.44. The van der Waals surface area contributed by atoms with E-state index in [2.05, 4.69) is 0 Å². The summed E-state index contributed by atoms with van der Waals surface area (Å²) >= 11 is 0. The smallest absolute Gasteiger partial charge is 0.263 e. The Morgan fingerprint density at radius 3 is 1.90 bits per heavy atom. The van der Waals surface area contributed by atoms with Gasteiger partial charge < -0.3 is 9.84 Å². The molecule has 0 aliphatic carbocycles. The fourth-order valence-corrected chi connectivity index (χ4v) is 2.10. The predicted molar refractivity (Wildman–Crippen MR) is 73.3 cm³/mol. The molecule has 0 radical (unpaired) electrons. The number of imide groups is 1. The number of rotatable bonds is 4. The number of nitrogens with zero attached hydrogens (tertiary/aromatic N) is 1. The summed E-state index contributed by atoms with van der Waals surface area (Å²) in [7, 11) is 0. The van der Waals surface area contributed by atoms with Crippen molar-refractivity contribution in [1.29, 1.82) is 0 Å². The largest absolute Gasteiger partial charge is 0.388 e. The zero-order valence-electron chi connectivity index (χ0n) is 12.1. The Balaban J connectivity index is 2.26. The number of hydrogen-bond acceptors (Lipinski definition) is 4. The van der Waals surface area contributed by atoms with Gasteiger partial charge >= 0.3 is 0 Å². The van der Waals surface area contributed by atoms with Gasteiger partial charge in [-0.3, -0.25) is 9.59 Å². The van der Waals surface area contributed by atoms with Crippen LogP contribution in [-0.4, -0.2) is 39.8 Å². The number of ether oxygens (including phenoxy) is 1. The van der Waals surface area contributed by atoms with Crippen LogP contribution in [0, 0.1) is 0 Å². The Hall–Kier alpha value is -1.72. The molecule has 0 spiro atoms. The molecule has 0 fully saturated rings. The zero-order chi connectivity index (χ0) is 15.1. The molecule has 5 nitrogen and oxygen atoms in total. The lowest BCUT2D eigenvalue weighted by atomic mass is 10.1. The lowest BCUT2D eigenvalue weighted by Gasteiger charge is -2.35. The van der Waals surface area contributed by atoms with Crippen LogP contribution in [0.15, 0.2) is 24.3 Å². The minimum Gasteiger partial charge on any atom is -0.388 e. The van der Waals surface area contributed by atoms with Crippen LogP contribution in [0.1, 0.15) is 48.4 Å². The molecule has 0 atom stereocenters. The first kappa shape index (κ1) is 14.7. The molecule has 108 valence electrons. The van der Waals surface area contributed by atoms with Gasteiger partial charge in [0.25, 0.3) is 11.8 Å². The predicted octanol–water partition coefficient (Wildman–Crippen LogP) is 1.81. The molecule has 1 heterocycles. The van der Waals surface area contributed by atoms with E-state index in [1.165, 1.54) is 0 Å². The highest BCUT2D eigenvalue weighted by atomic mass is 16.5. The van der Waals surface area contributed by atoms with Crippen molar-refractivity contribution in [3.8, 4) is 0 Å². The van der Waals surface area contributed by atoms with Crippen molar-refractivity contribution in [1.82, 2.24) is 4.90 Å². The van der Waals surface area contributed by atoms with Crippen molar-refractivity contribution in [3.05, 3.63) is 35.4 Å². The van der Waals surface area contributed by atoms with Crippen LogP contribution < -0.4 is 0 Å². The Morgan fingerprint density at radius 2 is 1.50 bits per heavy atom. The van der Waals surface area contributed by atoms with Crippen LogP contribution in [0.3, 0.4) is 0 Å². The van der Waals surface area contributed by atoms with E-state index >= 15 is 0 Å². The van der Waals surface area contributed by atoms with Gasteiger partial charge in [0, 0.05) is 0 Å². The lowest BCUT2D eigenvalue weighted by molar-refractivity contribution is -0.137.